The van der Waals surface area contributed by atoms with Crippen molar-refractivity contribution >= 4 is 17.1 Å². The van der Waals surface area contributed by atoms with E-state index in [0.29, 0.717) is 5.95 Å². The maximum Gasteiger partial charge on any atom is 0.202 e. The number of hydrogen-bond donors (Lipinski definition) is 1. The highest BCUT2D eigenvalue weighted by atomic mass is 15.2. The summed E-state index contributed by atoms with van der Waals surface area (Å²) in [6.45, 7) is 6.94. The summed E-state index contributed by atoms with van der Waals surface area (Å²) < 4.78 is 1.97. The summed E-state index contributed by atoms with van der Waals surface area (Å²) in [5.41, 5.74) is 8.78. The molecule has 2 N–H and O–H groups in total. The van der Waals surface area contributed by atoms with E-state index in [9.17, 15) is 0 Å². The Morgan fingerprint density at radius 3 is 2.94 bits per heavy atom. The van der Waals surface area contributed by atoms with Crippen LogP contribution in [0.2, 0.25) is 0 Å². The van der Waals surface area contributed by atoms with Crippen molar-refractivity contribution in [2.45, 2.75) is 20.4 Å². The molecule has 2 heterocycles. The maximum absolute atomic E-state index is 5.92. The van der Waals surface area contributed by atoms with E-state index in [1.165, 1.54) is 0 Å². The number of pyridine rings is 1. The fourth-order valence-corrected chi connectivity index (χ4v) is 1.78. The molecule has 0 fully saturated rings. The molecule has 2 rings (SSSR count). The third-order valence-corrected chi connectivity index (χ3v) is 3.00. The number of rotatable bonds is 4. The minimum atomic E-state index is 0.544. The van der Waals surface area contributed by atoms with Crippen LogP contribution >= 0.6 is 0 Å². The van der Waals surface area contributed by atoms with Crippen LogP contribution in [-0.2, 0) is 6.54 Å². The molecule has 5 nitrogen and oxygen atoms in total. The standard InChI is InChI=1S/C12H19N5/c1-4-16(3)5-6-17-11-10(15-12(17)13)7-9(2)8-14-11/h7-8H,4-6H2,1-3H3,(H2,13,15). The lowest BCUT2D eigenvalue weighted by Crippen LogP contribution is -2.23. The quantitative estimate of drug-likeness (QED) is 0.864. The van der Waals surface area contributed by atoms with Crippen LogP contribution in [0.4, 0.5) is 5.95 Å². The summed E-state index contributed by atoms with van der Waals surface area (Å²) in [6.07, 6.45) is 1.85. The molecule has 0 unspecified atom stereocenters. The molecule has 5 heteroatoms. The zero-order valence-electron chi connectivity index (χ0n) is 10.6. The van der Waals surface area contributed by atoms with Crippen LogP contribution in [-0.4, -0.2) is 39.6 Å². The molecule has 0 aliphatic rings. The summed E-state index contributed by atoms with van der Waals surface area (Å²) in [5, 5.41) is 0. The zero-order chi connectivity index (χ0) is 12.4. The largest absolute Gasteiger partial charge is 0.369 e. The molecule has 0 atom stereocenters. The second-order valence-corrected chi connectivity index (χ2v) is 4.37. The highest BCUT2D eigenvalue weighted by Crippen LogP contribution is 2.16. The molecule has 2 aromatic rings. The van der Waals surface area contributed by atoms with Gasteiger partial charge in [0.05, 0.1) is 0 Å². The summed E-state index contributed by atoms with van der Waals surface area (Å²) in [6, 6.07) is 2.01. The first-order chi connectivity index (χ1) is 8.11. The SMILES string of the molecule is CCN(C)CCn1c(N)nc2cc(C)cnc21. The molecule has 0 saturated carbocycles. The average Bonchev–Trinajstić information content (AvgIpc) is 2.61. The Morgan fingerprint density at radius 2 is 2.24 bits per heavy atom. The van der Waals surface area contributed by atoms with Gasteiger partial charge in [0.25, 0.3) is 0 Å². The number of imidazole rings is 1. The third-order valence-electron chi connectivity index (χ3n) is 3.00. The number of nitrogens with zero attached hydrogens (tertiary/aromatic N) is 4. The molecule has 0 spiro atoms. The van der Waals surface area contributed by atoms with E-state index in [-0.39, 0.29) is 0 Å². The number of aryl methyl sites for hydroxylation is 1. The van der Waals surface area contributed by atoms with Crippen molar-refractivity contribution in [2.24, 2.45) is 0 Å². The van der Waals surface area contributed by atoms with Crippen molar-refractivity contribution in [1.29, 1.82) is 0 Å². The van der Waals surface area contributed by atoms with Gasteiger partial charge >= 0.3 is 0 Å². The third kappa shape index (κ3) is 2.39. The minimum Gasteiger partial charge on any atom is -0.369 e. The highest BCUT2D eigenvalue weighted by molar-refractivity contribution is 5.74. The number of aromatic nitrogens is 3. The van der Waals surface area contributed by atoms with E-state index in [1.807, 2.05) is 23.8 Å². The summed E-state index contributed by atoms with van der Waals surface area (Å²) in [4.78, 5) is 11.0. The van der Waals surface area contributed by atoms with Crippen molar-refractivity contribution < 1.29 is 0 Å². The first kappa shape index (κ1) is 11.9. The van der Waals surface area contributed by atoms with Crippen molar-refractivity contribution in [2.75, 3.05) is 25.9 Å². The Labute approximate surface area is 101 Å². The zero-order valence-corrected chi connectivity index (χ0v) is 10.6. The Kier molecular flexibility index (Phi) is 3.28. The fraction of sp³-hybridized carbons (Fsp3) is 0.500. The molecule has 92 valence electrons. The smallest absolute Gasteiger partial charge is 0.202 e. The lowest BCUT2D eigenvalue weighted by atomic mass is 10.3. The van der Waals surface area contributed by atoms with E-state index in [2.05, 4.69) is 28.8 Å². The lowest BCUT2D eigenvalue weighted by Gasteiger charge is -2.14. The number of anilines is 1. The molecule has 0 aliphatic heterocycles. The number of fused-ring (bicyclic) bond motifs is 1. The lowest BCUT2D eigenvalue weighted by molar-refractivity contribution is 0.338. The van der Waals surface area contributed by atoms with Crippen molar-refractivity contribution in [3.63, 3.8) is 0 Å². The van der Waals surface area contributed by atoms with Gasteiger partial charge in [0.2, 0.25) is 5.95 Å². The molecule has 17 heavy (non-hydrogen) atoms. The molecule has 0 bridgehead atoms. The van der Waals surface area contributed by atoms with E-state index in [1.54, 1.807) is 0 Å². The topological polar surface area (TPSA) is 60.0 Å². The minimum absolute atomic E-state index is 0.544. The van der Waals surface area contributed by atoms with Gasteiger partial charge in [0, 0.05) is 19.3 Å². The van der Waals surface area contributed by atoms with Gasteiger partial charge in [-0.2, -0.15) is 0 Å². The molecular formula is C12H19N5. The number of nitrogens with two attached hydrogens (primary N) is 1. The van der Waals surface area contributed by atoms with Gasteiger partial charge in [-0.1, -0.05) is 6.92 Å². The van der Waals surface area contributed by atoms with Crippen LogP contribution in [0.3, 0.4) is 0 Å². The van der Waals surface area contributed by atoms with Gasteiger partial charge < -0.3 is 10.6 Å². The molecule has 2 aromatic heterocycles. The summed E-state index contributed by atoms with van der Waals surface area (Å²) in [5.74, 6) is 0.544. The van der Waals surface area contributed by atoms with E-state index in [4.69, 9.17) is 5.73 Å². The second-order valence-electron chi connectivity index (χ2n) is 4.37. The Hall–Kier alpha value is -1.62. The maximum atomic E-state index is 5.92. The molecule has 0 saturated heterocycles. The van der Waals surface area contributed by atoms with E-state index >= 15 is 0 Å². The summed E-state index contributed by atoms with van der Waals surface area (Å²) >= 11 is 0. The van der Waals surface area contributed by atoms with Crippen molar-refractivity contribution in [1.82, 2.24) is 19.4 Å². The highest BCUT2D eigenvalue weighted by Gasteiger charge is 2.09. The van der Waals surface area contributed by atoms with Crippen LogP contribution in [0.1, 0.15) is 12.5 Å². The number of hydrogen-bond acceptors (Lipinski definition) is 4. The Bertz CT molecular complexity index is 517. The molecular weight excluding hydrogens is 214 g/mol. The fourth-order valence-electron chi connectivity index (χ4n) is 1.78. The Morgan fingerprint density at radius 1 is 1.47 bits per heavy atom. The van der Waals surface area contributed by atoms with E-state index in [0.717, 1.165) is 36.4 Å². The van der Waals surface area contributed by atoms with E-state index < -0.39 is 0 Å². The van der Waals surface area contributed by atoms with Gasteiger partial charge in [-0.05, 0) is 32.1 Å². The van der Waals surface area contributed by atoms with Crippen molar-refractivity contribution in [3.05, 3.63) is 17.8 Å². The molecule has 0 amide bonds. The molecule has 0 aliphatic carbocycles. The van der Waals surface area contributed by atoms with Gasteiger partial charge in [-0.25, -0.2) is 9.97 Å². The van der Waals surface area contributed by atoms with Gasteiger partial charge in [0.1, 0.15) is 5.52 Å². The number of likely N-dealkylation sites (N-methyl/N-ethyl adjacent to an activating group) is 1. The second kappa shape index (κ2) is 4.71. The molecule has 0 radical (unpaired) electrons. The van der Waals surface area contributed by atoms with Crippen molar-refractivity contribution in [3.8, 4) is 0 Å². The normalized spacial score (nSPS) is 11.5. The Balaban J connectivity index is 2.30. The van der Waals surface area contributed by atoms with Crippen LogP contribution < -0.4 is 5.73 Å². The van der Waals surface area contributed by atoms with Crippen LogP contribution in [0.25, 0.3) is 11.2 Å². The average molecular weight is 233 g/mol. The predicted octanol–water partition coefficient (Wildman–Crippen LogP) is 1.27. The van der Waals surface area contributed by atoms with Gasteiger partial charge in [0.15, 0.2) is 5.65 Å². The summed E-state index contributed by atoms with van der Waals surface area (Å²) in [7, 11) is 2.09. The first-order valence-electron chi connectivity index (χ1n) is 5.88. The predicted molar refractivity (Wildman–Crippen MR) is 69.8 cm³/mol. The van der Waals surface area contributed by atoms with Crippen LogP contribution in [0.5, 0.6) is 0 Å². The number of nitrogen functional groups attached to an aromatic ring is 1. The van der Waals surface area contributed by atoms with Gasteiger partial charge in [-0.3, -0.25) is 4.57 Å². The monoisotopic (exact) mass is 233 g/mol. The van der Waals surface area contributed by atoms with Crippen LogP contribution in [0.15, 0.2) is 12.3 Å². The molecule has 0 aromatic carbocycles. The van der Waals surface area contributed by atoms with Crippen LogP contribution in [0, 0.1) is 6.92 Å². The van der Waals surface area contributed by atoms with Gasteiger partial charge in [-0.15, -0.1) is 0 Å². The first-order valence-corrected chi connectivity index (χ1v) is 5.88.